The molecule has 3 nitrogen and oxygen atoms in total. The average molecular weight is 290 g/mol. The molecule has 1 aromatic rings. The van der Waals surface area contributed by atoms with E-state index < -0.39 is 0 Å². The van der Waals surface area contributed by atoms with Crippen LogP contribution >= 0.6 is 0 Å². The van der Waals surface area contributed by atoms with Crippen LogP contribution < -0.4 is 10.1 Å². The molecule has 0 bridgehead atoms. The molecule has 0 spiro atoms. The molecule has 0 aliphatic heterocycles. The first kappa shape index (κ1) is 16.3. The van der Waals surface area contributed by atoms with Crippen LogP contribution in [0, 0.1) is 5.92 Å². The standard InChI is InChI=1S/C18H30N2O/c1-4-11-19-18(14-20(2)13-15-7-5-8-15)16-9-6-10-17(12-16)21-3/h6,9-10,12,15,18-19H,4-5,7-8,11,13-14H2,1-3H3. The van der Waals surface area contributed by atoms with Crippen LogP contribution in [0.25, 0.3) is 0 Å². The third-order valence-corrected chi connectivity index (χ3v) is 4.43. The van der Waals surface area contributed by atoms with Crippen LogP contribution in [-0.2, 0) is 0 Å². The number of rotatable bonds is 9. The summed E-state index contributed by atoms with van der Waals surface area (Å²) in [4.78, 5) is 2.48. The molecule has 0 radical (unpaired) electrons. The van der Waals surface area contributed by atoms with Crippen LogP contribution in [0.3, 0.4) is 0 Å². The molecule has 1 saturated carbocycles. The molecular formula is C18H30N2O. The van der Waals surface area contributed by atoms with E-state index in [-0.39, 0.29) is 0 Å². The summed E-state index contributed by atoms with van der Waals surface area (Å²) in [6, 6.07) is 8.83. The van der Waals surface area contributed by atoms with E-state index in [4.69, 9.17) is 4.74 Å². The molecular weight excluding hydrogens is 260 g/mol. The molecule has 21 heavy (non-hydrogen) atoms. The molecule has 0 amide bonds. The zero-order valence-corrected chi connectivity index (χ0v) is 13.8. The van der Waals surface area contributed by atoms with E-state index in [2.05, 4.69) is 42.4 Å². The van der Waals surface area contributed by atoms with E-state index >= 15 is 0 Å². The molecule has 1 aliphatic rings. The third kappa shape index (κ3) is 5.01. The van der Waals surface area contributed by atoms with Crippen molar-refractivity contribution in [2.24, 2.45) is 5.92 Å². The highest BCUT2D eigenvalue weighted by atomic mass is 16.5. The van der Waals surface area contributed by atoms with Gasteiger partial charge in [-0.05, 0) is 56.5 Å². The van der Waals surface area contributed by atoms with Gasteiger partial charge in [0.05, 0.1) is 7.11 Å². The Balaban J connectivity index is 1.97. The van der Waals surface area contributed by atoms with Crippen molar-refractivity contribution in [1.82, 2.24) is 10.2 Å². The van der Waals surface area contributed by atoms with Gasteiger partial charge in [-0.1, -0.05) is 25.5 Å². The smallest absolute Gasteiger partial charge is 0.119 e. The van der Waals surface area contributed by atoms with E-state index in [9.17, 15) is 0 Å². The summed E-state index contributed by atoms with van der Waals surface area (Å²) >= 11 is 0. The van der Waals surface area contributed by atoms with Crippen LogP contribution in [-0.4, -0.2) is 38.7 Å². The highest BCUT2D eigenvalue weighted by molar-refractivity contribution is 5.30. The first-order valence-electron chi connectivity index (χ1n) is 8.28. The van der Waals surface area contributed by atoms with Gasteiger partial charge in [0, 0.05) is 19.1 Å². The lowest BCUT2D eigenvalue weighted by molar-refractivity contribution is 0.191. The molecule has 0 saturated heterocycles. The molecule has 1 unspecified atom stereocenters. The van der Waals surface area contributed by atoms with Crippen LogP contribution in [0.15, 0.2) is 24.3 Å². The zero-order valence-electron chi connectivity index (χ0n) is 13.8. The van der Waals surface area contributed by atoms with Crippen molar-refractivity contribution in [3.05, 3.63) is 29.8 Å². The van der Waals surface area contributed by atoms with Gasteiger partial charge < -0.3 is 15.0 Å². The summed E-state index contributed by atoms with van der Waals surface area (Å²) in [5.41, 5.74) is 1.32. The van der Waals surface area contributed by atoms with Gasteiger partial charge in [-0.25, -0.2) is 0 Å². The maximum Gasteiger partial charge on any atom is 0.119 e. The molecule has 0 heterocycles. The number of nitrogens with one attached hydrogen (secondary N) is 1. The minimum Gasteiger partial charge on any atom is -0.497 e. The van der Waals surface area contributed by atoms with Gasteiger partial charge in [0.1, 0.15) is 5.75 Å². The van der Waals surface area contributed by atoms with Gasteiger partial charge in [-0.2, -0.15) is 0 Å². The molecule has 1 fully saturated rings. The molecule has 1 N–H and O–H groups in total. The third-order valence-electron chi connectivity index (χ3n) is 4.43. The molecule has 1 atom stereocenters. The lowest BCUT2D eigenvalue weighted by atomic mass is 9.85. The fraction of sp³-hybridized carbons (Fsp3) is 0.667. The second-order valence-corrected chi connectivity index (χ2v) is 6.30. The van der Waals surface area contributed by atoms with E-state index in [0.29, 0.717) is 6.04 Å². The van der Waals surface area contributed by atoms with E-state index in [0.717, 1.165) is 31.2 Å². The number of benzene rings is 1. The normalized spacial score (nSPS) is 16.8. The van der Waals surface area contributed by atoms with E-state index in [1.807, 2.05) is 6.07 Å². The average Bonchev–Trinajstić information content (AvgIpc) is 2.47. The lowest BCUT2D eigenvalue weighted by Crippen LogP contribution is -2.37. The summed E-state index contributed by atoms with van der Waals surface area (Å²) in [6.07, 6.45) is 5.41. The summed E-state index contributed by atoms with van der Waals surface area (Å²) in [7, 11) is 3.98. The van der Waals surface area contributed by atoms with Crippen molar-refractivity contribution in [3.63, 3.8) is 0 Å². The van der Waals surface area contributed by atoms with Crippen LogP contribution in [0.2, 0.25) is 0 Å². The first-order chi connectivity index (χ1) is 10.2. The highest BCUT2D eigenvalue weighted by Crippen LogP contribution is 2.27. The maximum absolute atomic E-state index is 5.36. The lowest BCUT2D eigenvalue weighted by Gasteiger charge is -2.32. The monoisotopic (exact) mass is 290 g/mol. The van der Waals surface area contributed by atoms with Crippen molar-refractivity contribution in [3.8, 4) is 5.75 Å². The molecule has 0 aromatic heterocycles. The Bertz CT molecular complexity index is 417. The van der Waals surface area contributed by atoms with Gasteiger partial charge in [-0.3, -0.25) is 0 Å². The summed E-state index contributed by atoms with van der Waals surface area (Å²) in [5.74, 6) is 1.87. The quantitative estimate of drug-likeness (QED) is 0.753. The highest BCUT2D eigenvalue weighted by Gasteiger charge is 2.21. The molecule has 3 heteroatoms. The SMILES string of the molecule is CCCNC(CN(C)CC1CCC1)c1cccc(OC)c1. The number of hydrogen-bond donors (Lipinski definition) is 1. The molecule has 1 aromatic carbocycles. The summed E-state index contributed by atoms with van der Waals surface area (Å²) in [5, 5.41) is 3.68. The maximum atomic E-state index is 5.36. The second-order valence-electron chi connectivity index (χ2n) is 6.30. The fourth-order valence-electron chi connectivity index (χ4n) is 2.97. The number of likely N-dealkylation sites (N-methyl/N-ethyl adjacent to an activating group) is 1. The number of hydrogen-bond acceptors (Lipinski definition) is 3. The Labute approximate surface area is 129 Å². The predicted molar refractivity (Wildman–Crippen MR) is 88.9 cm³/mol. The Kier molecular flexibility index (Phi) is 6.52. The molecule has 2 rings (SSSR count). The number of methoxy groups -OCH3 is 1. The molecule has 1 aliphatic carbocycles. The van der Waals surface area contributed by atoms with Crippen molar-refractivity contribution >= 4 is 0 Å². The van der Waals surface area contributed by atoms with Crippen LogP contribution in [0.5, 0.6) is 5.75 Å². The van der Waals surface area contributed by atoms with Gasteiger partial charge in [-0.15, -0.1) is 0 Å². The van der Waals surface area contributed by atoms with Crippen LogP contribution in [0.4, 0.5) is 0 Å². The van der Waals surface area contributed by atoms with Crippen molar-refractivity contribution < 1.29 is 4.74 Å². The van der Waals surface area contributed by atoms with Crippen molar-refractivity contribution in [2.75, 3.05) is 33.8 Å². The molecule has 118 valence electrons. The first-order valence-corrected chi connectivity index (χ1v) is 8.28. The Morgan fingerprint density at radius 2 is 2.19 bits per heavy atom. The summed E-state index contributed by atoms with van der Waals surface area (Å²) in [6.45, 7) is 5.56. The van der Waals surface area contributed by atoms with Crippen LogP contribution in [0.1, 0.15) is 44.2 Å². The Hall–Kier alpha value is -1.06. The predicted octanol–water partition coefficient (Wildman–Crippen LogP) is 3.47. The van der Waals surface area contributed by atoms with Gasteiger partial charge in [0.15, 0.2) is 0 Å². The minimum atomic E-state index is 0.380. The Morgan fingerprint density at radius 1 is 1.38 bits per heavy atom. The topological polar surface area (TPSA) is 24.5 Å². The van der Waals surface area contributed by atoms with E-state index in [1.165, 1.54) is 31.4 Å². The Morgan fingerprint density at radius 3 is 2.81 bits per heavy atom. The largest absolute Gasteiger partial charge is 0.497 e. The van der Waals surface area contributed by atoms with Gasteiger partial charge in [0.2, 0.25) is 0 Å². The van der Waals surface area contributed by atoms with Gasteiger partial charge >= 0.3 is 0 Å². The van der Waals surface area contributed by atoms with E-state index in [1.54, 1.807) is 7.11 Å². The second kappa shape index (κ2) is 8.40. The zero-order chi connectivity index (χ0) is 15.1. The van der Waals surface area contributed by atoms with Crippen molar-refractivity contribution in [2.45, 2.75) is 38.6 Å². The van der Waals surface area contributed by atoms with Gasteiger partial charge in [0.25, 0.3) is 0 Å². The fourth-order valence-corrected chi connectivity index (χ4v) is 2.97. The minimum absolute atomic E-state index is 0.380. The number of nitrogens with zero attached hydrogens (tertiary/aromatic N) is 1. The summed E-state index contributed by atoms with van der Waals surface area (Å²) < 4.78 is 5.36. The van der Waals surface area contributed by atoms with Crippen molar-refractivity contribution in [1.29, 1.82) is 0 Å². The number of ether oxygens (including phenoxy) is 1.